The molecule has 0 aliphatic carbocycles. The third kappa shape index (κ3) is 5.13. The highest BCUT2D eigenvalue weighted by molar-refractivity contribution is 6.39. The second-order valence-electron chi connectivity index (χ2n) is 7.54. The molecule has 0 bridgehead atoms. The van der Waals surface area contributed by atoms with E-state index >= 15 is 0 Å². The number of hydrogen-bond acceptors (Lipinski definition) is 2. The van der Waals surface area contributed by atoms with Crippen molar-refractivity contribution in [1.82, 2.24) is 4.90 Å². The predicted molar refractivity (Wildman–Crippen MR) is 109 cm³/mol. The van der Waals surface area contributed by atoms with E-state index in [0.29, 0.717) is 22.0 Å². The molecule has 1 heterocycles. The lowest BCUT2D eigenvalue weighted by atomic mass is 9.90. The molecule has 1 fully saturated rings. The van der Waals surface area contributed by atoms with Gasteiger partial charge in [-0.15, -0.1) is 0 Å². The average Bonchev–Trinajstić information content (AvgIpc) is 2.56. The van der Waals surface area contributed by atoms with Crippen molar-refractivity contribution in [2.45, 2.75) is 25.8 Å². The van der Waals surface area contributed by atoms with Gasteiger partial charge in [0.1, 0.15) is 11.6 Å². The van der Waals surface area contributed by atoms with Crippen LogP contribution in [0.15, 0.2) is 30.3 Å². The zero-order chi connectivity index (χ0) is 19.6. The Balaban J connectivity index is 1.76. The van der Waals surface area contributed by atoms with Crippen molar-refractivity contribution in [2.24, 2.45) is 5.92 Å². The fourth-order valence-corrected chi connectivity index (χ4v) is 4.58. The number of halogens is 4. The SMILES string of the molecule is CN(C)Cc1cc(Cl)c(N2CCCC(Cc3ccc(F)cc3F)C2)c(Cl)c1. The van der Waals surface area contributed by atoms with Crippen molar-refractivity contribution in [3.8, 4) is 0 Å². The smallest absolute Gasteiger partial charge is 0.129 e. The summed E-state index contributed by atoms with van der Waals surface area (Å²) in [5.41, 5.74) is 2.48. The number of benzene rings is 2. The molecule has 1 atom stereocenters. The fourth-order valence-electron chi connectivity index (χ4n) is 3.81. The van der Waals surface area contributed by atoms with Crippen LogP contribution < -0.4 is 4.90 Å². The van der Waals surface area contributed by atoms with E-state index in [2.05, 4.69) is 9.80 Å². The molecule has 0 amide bonds. The largest absolute Gasteiger partial charge is 0.369 e. The second-order valence-corrected chi connectivity index (χ2v) is 8.35. The summed E-state index contributed by atoms with van der Waals surface area (Å²) < 4.78 is 27.1. The van der Waals surface area contributed by atoms with E-state index in [9.17, 15) is 8.78 Å². The molecule has 0 spiro atoms. The molecule has 146 valence electrons. The Kier molecular flexibility index (Phi) is 6.61. The first-order valence-corrected chi connectivity index (χ1v) is 9.90. The number of anilines is 1. The van der Waals surface area contributed by atoms with E-state index in [4.69, 9.17) is 23.2 Å². The van der Waals surface area contributed by atoms with Gasteiger partial charge in [0.25, 0.3) is 0 Å². The molecule has 3 rings (SSSR count). The molecule has 27 heavy (non-hydrogen) atoms. The highest BCUT2D eigenvalue weighted by Crippen LogP contribution is 2.38. The van der Waals surface area contributed by atoms with Gasteiger partial charge in [0.15, 0.2) is 0 Å². The van der Waals surface area contributed by atoms with Crippen LogP contribution in [0.2, 0.25) is 10.0 Å². The highest BCUT2D eigenvalue weighted by atomic mass is 35.5. The van der Waals surface area contributed by atoms with Gasteiger partial charge < -0.3 is 9.80 Å². The molecule has 0 aromatic heterocycles. The molecule has 0 N–H and O–H groups in total. The van der Waals surface area contributed by atoms with Gasteiger partial charge >= 0.3 is 0 Å². The topological polar surface area (TPSA) is 6.48 Å². The molecule has 6 heteroatoms. The van der Waals surface area contributed by atoms with Crippen molar-refractivity contribution in [2.75, 3.05) is 32.1 Å². The normalized spacial score (nSPS) is 17.6. The Morgan fingerprint density at radius 2 is 1.81 bits per heavy atom. The summed E-state index contributed by atoms with van der Waals surface area (Å²) in [6.07, 6.45) is 2.57. The maximum atomic E-state index is 14.0. The van der Waals surface area contributed by atoms with Crippen LogP contribution in [-0.4, -0.2) is 32.1 Å². The van der Waals surface area contributed by atoms with Gasteiger partial charge in [-0.05, 0) is 68.6 Å². The first-order chi connectivity index (χ1) is 12.8. The first kappa shape index (κ1) is 20.4. The van der Waals surface area contributed by atoms with Crippen molar-refractivity contribution < 1.29 is 8.78 Å². The average molecular weight is 413 g/mol. The van der Waals surface area contributed by atoms with Crippen molar-refractivity contribution in [1.29, 1.82) is 0 Å². The monoisotopic (exact) mass is 412 g/mol. The van der Waals surface area contributed by atoms with Crippen molar-refractivity contribution >= 4 is 28.9 Å². The minimum atomic E-state index is -0.544. The molecule has 2 aromatic carbocycles. The summed E-state index contributed by atoms with van der Waals surface area (Å²) in [7, 11) is 4.00. The maximum Gasteiger partial charge on any atom is 0.129 e. The van der Waals surface area contributed by atoms with Crippen molar-refractivity contribution in [3.63, 3.8) is 0 Å². The fraction of sp³-hybridized carbons (Fsp3) is 0.429. The zero-order valence-electron chi connectivity index (χ0n) is 15.6. The lowest BCUT2D eigenvalue weighted by Crippen LogP contribution is -2.36. The van der Waals surface area contributed by atoms with Crippen LogP contribution in [0.3, 0.4) is 0 Å². The minimum Gasteiger partial charge on any atom is -0.369 e. The third-order valence-corrected chi connectivity index (χ3v) is 5.51. The van der Waals surface area contributed by atoms with E-state index in [1.54, 1.807) is 6.07 Å². The van der Waals surface area contributed by atoms with Gasteiger partial charge in [-0.1, -0.05) is 29.3 Å². The van der Waals surface area contributed by atoms with E-state index in [1.165, 1.54) is 6.07 Å². The Morgan fingerprint density at radius 1 is 1.11 bits per heavy atom. The predicted octanol–water partition coefficient (Wildman–Crippen LogP) is 5.79. The number of nitrogens with zero attached hydrogens (tertiary/aromatic N) is 2. The Morgan fingerprint density at radius 3 is 2.44 bits per heavy atom. The minimum absolute atomic E-state index is 0.271. The summed E-state index contributed by atoms with van der Waals surface area (Å²) in [4.78, 5) is 4.26. The Labute approximate surface area is 169 Å². The van der Waals surface area contributed by atoms with Crippen LogP contribution in [0.4, 0.5) is 14.5 Å². The zero-order valence-corrected chi connectivity index (χ0v) is 17.1. The second kappa shape index (κ2) is 8.76. The molecule has 1 aliphatic rings. The van der Waals surface area contributed by atoms with Gasteiger partial charge in [-0.2, -0.15) is 0 Å². The van der Waals surface area contributed by atoms with E-state index < -0.39 is 11.6 Å². The Bertz CT molecular complexity index is 788. The molecular formula is C21H24Cl2F2N2. The maximum absolute atomic E-state index is 14.0. The van der Waals surface area contributed by atoms with Gasteiger partial charge in [0, 0.05) is 25.7 Å². The third-order valence-electron chi connectivity index (χ3n) is 4.93. The van der Waals surface area contributed by atoms with E-state index in [-0.39, 0.29) is 5.92 Å². The van der Waals surface area contributed by atoms with Gasteiger partial charge in [0.05, 0.1) is 15.7 Å². The number of hydrogen-bond donors (Lipinski definition) is 0. The van der Waals surface area contributed by atoms with Crippen LogP contribution in [0.1, 0.15) is 24.0 Å². The molecule has 2 nitrogen and oxygen atoms in total. The van der Waals surface area contributed by atoms with Crippen LogP contribution in [0, 0.1) is 17.6 Å². The number of piperidine rings is 1. The van der Waals surface area contributed by atoms with E-state index in [1.807, 2.05) is 26.2 Å². The molecule has 1 aliphatic heterocycles. The summed E-state index contributed by atoms with van der Waals surface area (Å²) >= 11 is 13.1. The molecular weight excluding hydrogens is 389 g/mol. The van der Waals surface area contributed by atoms with Crippen LogP contribution in [-0.2, 0) is 13.0 Å². The molecule has 1 saturated heterocycles. The summed E-state index contributed by atoms with van der Waals surface area (Å²) in [6.45, 7) is 2.39. The lowest BCUT2D eigenvalue weighted by molar-refractivity contribution is 0.402. The summed E-state index contributed by atoms with van der Waals surface area (Å²) in [6, 6.07) is 7.74. The van der Waals surface area contributed by atoms with Crippen LogP contribution >= 0.6 is 23.2 Å². The summed E-state index contributed by atoms with van der Waals surface area (Å²) in [5, 5.41) is 1.29. The van der Waals surface area contributed by atoms with E-state index in [0.717, 1.165) is 49.8 Å². The van der Waals surface area contributed by atoms with Gasteiger partial charge in [-0.3, -0.25) is 0 Å². The standard InChI is InChI=1S/C21H24Cl2F2N2/c1-26(2)12-15-9-18(22)21(19(23)10-15)27-7-3-4-14(13-27)8-16-5-6-17(24)11-20(16)25/h5-6,9-11,14H,3-4,7-8,12-13H2,1-2H3. The Hall–Kier alpha value is -1.36. The van der Waals surface area contributed by atoms with Gasteiger partial charge in [-0.25, -0.2) is 8.78 Å². The van der Waals surface area contributed by atoms with Crippen LogP contribution in [0.25, 0.3) is 0 Å². The van der Waals surface area contributed by atoms with Gasteiger partial charge in [0.2, 0.25) is 0 Å². The van der Waals surface area contributed by atoms with Crippen LogP contribution in [0.5, 0.6) is 0 Å². The molecule has 0 saturated carbocycles. The molecule has 0 radical (unpaired) electrons. The first-order valence-electron chi connectivity index (χ1n) is 9.15. The number of rotatable bonds is 5. The van der Waals surface area contributed by atoms with Crippen molar-refractivity contribution in [3.05, 3.63) is 63.1 Å². The molecule has 2 aromatic rings. The quantitative estimate of drug-likeness (QED) is 0.612. The summed E-state index contributed by atoms with van der Waals surface area (Å²) in [5.74, 6) is -0.749. The molecule has 1 unspecified atom stereocenters. The highest BCUT2D eigenvalue weighted by Gasteiger charge is 2.25. The lowest BCUT2D eigenvalue weighted by Gasteiger charge is -2.35.